The number of ether oxygens (including phenoxy) is 1. The van der Waals surface area contributed by atoms with Crippen LogP contribution in [0, 0.1) is 5.92 Å². The maximum absolute atomic E-state index is 12.4. The highest BCUT2D eigenvalue weighted by molar-refractivity contribution is 8.00. The van der Waals surface area contributed by atoms with Crippen molar-refractivity contribution in [3.63, 3.8) is 0 Å². The summed E-state index contributed by atoms with van der Waals surface area (Å²) in [6.07, 6.45) is 5.12. The lowest BCUT2D eigenvalue weighted by Crippen LogP contribution is -2.52. The lowest BCUT2D eigenvalue weighted by molar-refractivity contribution is -0.142. The number of carboxylic acid groups (broad SMARTS) is 1. The van der Waals surface area contributed by atoms with Crippen LogP contribution in [-0.4, -0.2) is 65.4 Å². The summed E-state index contributed by atoms with van der Waals surface area (Å²) in [6, 6.07) is -0.536. The van der Waals surface area contributed by atoms with Gasteiger partial charge in [0.15, 0.2) is 0 Å². The summed E-state index contributed by atoms with van der Waals surface area (Å²) in [6.45, 7) is 3.67. The summed E-state index contributed by atoms with van der Waals surface area (Å²) < 4.78 is 5.48. The standard InChI is InChI=1S/C14H24N2O4S/c1-3-6-16(11-8-20-7-10(11)12(17)18)13(19)15-9-14(21-2)4-5-14/h10-11H,3-9H2,1-2H3,(H,15,19)(H,17,18). The molecular formula is C14H24N2O4S. The second kappa shape index (κ2) is 6.87. The summed E-state index contributed by atoms with van der Waals surface area (Å²) in [7, 11) is 0. The van der Waals surface area contributed by atoms with Crippen LogP contribution < -0.4 is 5.32 Å². The molecule has 2 amide bonds. The molecule has 2 aliphatic rings. The van der Waals surface area contributed by atoms with Crippen LogP contribution in [0.2, 0.25) is 0 Å². The van der Waals surface area contributed by atoms with E-state index < -0.39 is 11.9 Å². The number of nitrogens with zero attached hydrogens (tertiary/aromatic N) is 1. The Bertz CT molecular complexity index is 400. The third-order valence-electron chi connectivity index (χ3n) is 4.30. The molecule has 2 unspecified atom stereocenters. The summed E-state index contributed by atoms with van der Waals surface area (Å²) in [5, 5.41) is 12.2. The van der Waals surface area contributed by atoms with E-state index in [1.54, 1.807) is 16.7 Å². The average molecular weight is 316 g/mol. The Balaban J connectivity index is 1.96. The van der Waals surface area contributed by atoms with Gasteiger partial charge in [-0.1, -0.05) is 6.92 Å². The van der Waals surface area contributed by atoms with Crippen LogP contribution in [0.1, 0.15) is 26.2 Å². The molecule has 2 rings (SSSR count). The van der Waals surface area contributed by atoms with Gasteiger partial charge in [0.1, 0.15) is 5.92 Å². The van der Waals surface area contributed by atoms with Gasteiger partial charge in [-0.05, 0) is 25.5 Å². The first-order chi connectivity index (χ1) is 10.0. The SMILES string of the molecule is CCCN(C(=O)NCC1(SC)CC1)C1COCC1C(=O)O. The van der Waals surface area contributed by atoms with E-state index >= 15 is 0 Å². The van der Waals surface area contributed by atoms with Gasteiger partial charge in [0.2, 0.25) is 0 Å². The van der Waals surface area contributed by atoms with E-state index in [4.69, 9.17) is 4.74 Å². The third-order valence-corrected chi connectivity index (χ3v) is 5.71. The van der Waals surface area contributed by atoms with Gasteiger partial charge in [-0.15, -0.1) is 0 Å². The number of rotatable bonds is 7. The number of hydrogen-bond donors (Lipinski definition) is 2. The highest BCUT2D eigenvalue weighted by atomic mass is 32.2. The molecule has 2 N–H and O–H groups in total. The van der Waals surface area contributed by atoms with Crippen LogP contribution in [0.15, 0.2) is 0 Å². The van der Waals surface area contributed by atoms with Crippen molar-refractivity contribution in [3.05, 3.63) is 0 Å². The highest BCUT2D eigenvalue weighted by Gasteiger charge is 2.43. The largest absolute Gasteiger partial charge is 0.481 e. The predicted octanol–water partition coefficient (Wildman–Crippen LogP) is 1.40. The molecule has 1 aliphatic carbocycles. The van der Waals surface area contributed by atoms with Crippen LogP contribution >= 0.6 is 11.8 Å². The first-order valence-corrected chi connectivity index (χ1v) is 8.65. The first kappa shape index (κ1) is 16.4. The van der Waals surface area contributed by atoms with Crippen molar-refractivity contribution in [2.45, 2.75) is 37.0 Å². The fourth-order valence-electron chi connectivity index (χ4n) is 2.68. The molecule has 120 valence electrons. The fraction of sp³-hybridized carbons (Fsp3) is 0.857. The van der Waals surface area contributed by atoms with Gasteiger partial charge in [0.05, 0.1) is 19.3 Å². The van der Waals surface area contributed by atoms with E-state index in [0.717, 1.165) is 19.3 Å². The van der Waals surface area contributed by atoms with E-state index in [1.807, 2.05) is 6.92 Å². The minimum absolute atomic E-state index is 0.168. The van der Waals surface area contributed by atoms with Crippen molar-refractivity contribution >= 4 is 23.8 Å². The number of carbonyl (C=O) groups excluding carboxylic acids is 1. The molecule has 6 nitrogen and oxygen atoms in total. The number of nitrogens with one attached hydrogen (secondary N) is 1. The van der Waals surface area contributed by atoms with Gasteiger partial charge in [-0.25, -0.2) is 4.79 Å². The van der Waals surface area contributed by atoms with Crippen LogP contribution in [0.5, 0.6) is 0 Å². The van der Waals surface area contributed by atoms with Crippen LogP contribution in [-0.2, 0) is 9.53 Å². The van der Waals surface area contributed by atoms with Crippen molar-refractivity contribution < 1.29 is 19.4 Å². The highest BCUT2D eigenvalue weighted by Crippen LogP contribution is 2.46. The van der Waals surface area contributed by atoms with Crippen LogP contribution in [0.3, 0.4) is 0 Å². The van der Waals surface area contributed by atoms with Crippen molar-refractivity contribution in [2.75, 3.05) is 32.6 Å². The Kier molecular flexibility index (Phi) is 5.37. The average Bonchev–Trinajstić information content (AvgIpc) is 3.09. The number of thioether (sulfide) groups is 1. The lowest BCUT2D eigenvalue weighted by Gasteiger charge is -2.31. The Morgan fingerprint density at radius 1 is 1.43 bits per heavy atom. The monoisotopic (exact) mass is 316 g/mol. The predicted molar refractivity (Wildman–Crippen MR) is 81.6 cm³/mol. The third kappa shape index (κ3) is 3.83. The lowest BCUT2D eigenvalue weighted by atomic mass is 10.0. The van der Waals surface area contributed by atoms with Crippen molar-refractivity contribution in [1.29, 1.82) is 0 Å². The molecule has 7 heteroatoms. The number of hydrogen-bond acceptors (Lipinski definition) is 4. The smallest absolute Gasteiger partial charge is 0.317 e. The molecule has 0 aromatic rings. The van der Waals surface area contributed by atoms with Crippen molar-refractivity contribution in [2.24, 2.45) is 5.92 Å². The minimum atomic E-state index is -0.894. The molecule has 2 atom stereocenters. The molecule has 21 heavy (non-hydrogen) atoms. The molecule has 1 heterocycles. The quantitative estimate of drug-likeness (QED) is 0.742. The van der Waals surface area contributed by atoms with Crippen molar-refractivity contribution in [1.82, 2.24) is 10.2 Å². The molecule has 0 spiro atoms. The summed E-state index contributed by atoms with van der Waals surface area (Å²) in [5.74, 6) is -1.52. The molecule has 1 saturated heterocycles. The zero-order valence-corrected chi connectivity index (χ0v) is 13.4. The van der Waals surface area contributed by atoms with Crippen molar-refractivity contribution in [3.8, 4) is 0 Å². The van der Waals surface area contributed by atoms with Gasteiger partial charge in [-0.3, -0.25) is 4.79 Å². The molecule has 2 fully saturated rings. The zero-order chi connectivity index (χ0) is 15.5. The molecule has 1 aliphatic heterocycles. The normalized spacial score (nSPS) is 26.4. The molecule has 1 saturated carbocycles. The van der Waals surface area contributed by atoms with E-state index in [1.165, 1.54) is 0 Å². The number of amides is 2. The Morgan fingerprint density at radius 3 is 2.67 bits per heavy atom. The minimum Gasteiger partial charge on any atom is -0.481 e. The van der Waals surface area contributed by atoms with Gasteiger partial charge < -0.3 is 20.1 Å². The fourth-order valence-corrected chi connectivity index (χ4v) is 3.40. The van der Waals surface area contributed by atoms with E-state index in [2.05, 4.69) is 11.6 Å². The van der Waals surface area contributed by atoms with Gasteiger partial charge in [0.25, 0.3) is 0 Å². The van der Waals surface area contributed by atoms with E-state index in [9.17, 15) is 14.7 Å². The maximum Gasteiger partial charge on any atom is 0.317 e. The van der Waals surface area contributed by atoms with E-state index in [0.29, 0.717) is 19.7 Å². The topological polar surface area (TPSA) is 78.9 Å². The van der Waals surface area contributed by atoms with Crippen LogP contribution in [0.25, 0.3) is 0 Å². The Labute approximate surface area is 129 Å². The Hall–Kier alpha value is -0.950. The number of urea groups is 1. The molecule has 0 bridgehead atoms. The van der Waals surface area contributed by atoms with E-state index in [-0.39, 0.29) is 23.4 Å². The summed E-state index contributed by atoms with van der Waals surface area (Å²) >= 11 is 1.79. The molecule has 0 aromatic carbocycles. The maximum atomic E-state index is 12.4. The Morgan fingerprint density at radius 2 is 2.14 bits per heavy atom. The molecular weight excluding hydrogens is 292 g/mol. The number of carbonyl (C=O) groups is 2. The van der Waals surface area contributed by atoms with Crippen LogP contribution in [0.4, 0.5) is 4.79 Å². The molecule has 0 radical (unpaired) electrons. The second-order valence-corrected chi connectivity index (χ2v) is 7.06. The second-order valence-electron chi connectivity index (χ2n) is 5.79. The summed E-state index contributed by atoms with van der Waals surface area (Å²) in [5.41, 5.74) is 0. The number of carboxylic acids is 1. The van der Waals surface area contributed by atoms with Gasteiger partial charge >= 0.3 is 12.0 Å². The molecule has 0 aromatic heterocycles. The number of aliphatic carboxylic acids is 1. The van der Waals surface area contributed by atoms with Gasteiger partial charge in [-0.2, -0.15) is 11.8 Å². The summed E-state index contributed by atoms with van der Waals surface area (Å²) in [4.78, 5) is 25.4. The first-order valence-electron chi connectivity index (χ1n) is 7.43. The van der Waals surface area contributed by atoms with Gasteiger partial charge in [0, 0.05) is 17.8 Å². The zero-order valence-electron chi connectivity index (χ0n) is 12.6.